The summed E-state index contributed by atoms with van der Waals surface area (Å²) in [7, 11) is 0. The predicted octanol–water partition coefficient (Wildman–Crippen LogP) is 1.07. The van der Waals surface area contributed by atoms with Gasteiger partial charge in [0.2, 0.25) is 5.91 Å². The number of esters is 1. The van der Waals surface area contributed by atoms with Crippen LogP contribution in [0, 0.1) is 5.82 Å². The van der Waals surface area contributed by atoms with Gasteiger partial charge in [0.15, 0.2) is 0 Å². The molecule has 7 heteroatoms. The highest BCUT2D eigenvalue weighted by atomic mass is 32.2. The van der Waals surface area contributed by atoms with Crippen LogP contribution < -0.4 is 11.1 Å². The van der Waals surface area contributed by atoms with E-state index in [1.54, 1.807) is 25.1 Å². The third-order valence-corrected chi connectivity index (χ3v) is 3.61. The van der Waals surface area contributed by atoms with Gasteiger partial charge in [0.1, 0.15) is 11.9 Å². The molecule has 0 aliphatic carbocycles. The van der Waals surface area contributed by atoms with Crippen LogP contribution in [0.25, 0.3) is 0 Å². The Bertz CT molecular complexity index is 485. The second-order valence-corrected chi connectivity index (χ2v) is 5.27. The second kappa shape index (κ2) is 9.36. The standard InChI is InChI=1S/C14H19FN2O3S/c1-2-20-14(19)12(16)8-21-9-13(18)17-7-10-5-3-4-6-11(10)15/h3-6,12H,2,7-9,16H2,1H3,(H,17,18). The Hall–Kier alpha value is -1.60. The van der Waals surface area contributed by atoms with Gasteiger partial charge in [0.05, 0.1) is 12.4 Å². The molecule has 116 valence electrons. The Morgan fingerprint density at radius 1 is 1.43 bits per heavy atom. The minimum absolute atomic E-state index is 0.135. The Morgan fingerprint density at radius 2 is 2.14 bits per heavy atom. The van der Waals surface area contributed by atoms with E-state index in [4.69, 9.17) is 10.5 Å². The van der Waals surface area contributed by atoms with Crippen molar-refractivity contribution in [3.8, 4) is 0 Å². The van der Waals surface area contributed by atoms with Gasteiger partial charge in [-0.15, -0.1) is 11.8 Å². The van der Waals surface area contributed by atoms with E-state index in [0.717, 1.165) is 0 Å². The highest BCUT2D eigenvalue weighted by Gasteiger charge is 2.15. The lowest BCUT2D eigenvalue weighted by Gasteiger charge is -2.10. The van der Waals surface area contributed by atoms with Gasteiger partial charge < -0.3 is 15.8 Å². The number of thioether (sulfide) groups is 1. The molecule has 5 nitrogen and oxygen atoms in total. The zero-order chi connectivity index (χ0) is 15.7. The molecule has 21 heavy (non-hydrogen) atoms. The maximum atomic E-state index is 13.3. The molecule has 1 unspecified atom stereocenters. The number of carbonyl (C=O) groups is 2. The first-order valence-corrected chi connectivity index (χ1v) is 7.70. The number of amides is 1. The molecule has 1 atom stereocenters. The van der Waals surface area contributed by atoms with E-state index in [1.165, 1.54) is 17.8 Å². The van der Waals surface area contributed by atoms with Gasteiger partial charge >= 0.3 is 5.97 Å². The first-order chi connectivity index (χ1) is 10.0. The first kappa shape index (κ1) is 17.5. The number of ether oxygens (including phenoxy) is 1. The lowest BCUT2D eigenvalue weighted by molar-refractivity contribution is -0.144. The average Bonchev–Trinajstić information content (AvgIpc) is 2.46. The third-order valence-electron chi connectivity index (χ3n) is 2.55. The van der Waals surface area contributed by atoms with Crippen molar-refractivity contribution in [3.63, 3.8) is 0 Å². The van der Waals surface area contributed by atoms with E-state index in [9.17, 15) is 14.0 Å². The lowest BCUT2D eigenvalue weighted by Crippen LogP contribution is -2.35. The smallest absolute Gasteiger partial charge is 0.323 e. The molecule has 0 saturated carbocycles. The minimum Gasteiger partial charge on any atom is -0.465 e. The summed E-state index contributed by atoms with van der Waals surface area (Å²) in [6.45, 7) is 2.12. The van der Waals surface area contributed by atoms with Crippen molar-refractivity contribution < 1.29 is 18.7 Å². The van der Waals surface area contributed by atoms with Crippen LogP contribution in [0.15, 0.2) is 24.3 Å². The lowest BCUT2D eigenvalue weighted by atomic mass is 10.2. The van der Waals surface area contributed by atoms with Gasteiger partial charge in [0.25, 0.3) is 0 Å². The van der Waals surface area contributed by atoms with E-state index in [1.807, 2.05) is 0 Å². The van der Waals surface area contributed by atoms with Gasteiger partial charge in [-0.3, -0.25) is 9.59 Å². The molecule has 3 N–H and O–H groups in total. The van der Waals surface area contributed by atoms with Crippen molar-refractivity contribution in [2.24, 2.45) is 5.73 Å². The van der Waals surface area contributed by atoms with E-state index in [0.29, 0.717) is 11.3 Å². The van der Waals surface area contributed by atoms with E-state index >= 15 is 0 Å². The highest BCUT2D eigenvalue weighted by Crippen LogP contribution is 2.06. The van der Waals surface area contributed by atoms with Crippen LogP contribution in [-0.2, 0) is 20.9 Å². The van der Waals surface area contributed by atoms with Gasteiger partial charge in [-0.1, -0.05) is 18.2 Å². The fourth-order valence-corrected chi connectivity index (χ4v) is 2.28. The molecule has 0 radical (unpaired) electrons. The zero-order valence-corrected chi connectivity index (χ0v) is 12.6. The summed E-state index contributed by atoms with van der Waals surface area (Å²) in [6, 6.07) is 5.51. The van der Waals surface area contributed by atoms with Crippen LogP contribution in [0.1, 0.15) is 12.5 Å². The molecule has 0 fully saturated rings. The van der Waals surface area contributed by atoms with Crippen molar-refractivity contribution in [3.05, 3.63) is 35.6 Å². The summed E-state index contributed by atoms with van der Waals surface area (Å²) in [5.74, 6) is -0.612. The summed E-state index contributed by atoms with van der Waals surface area (Å²) in [5, 5.41) is 2.61. The minimum atomic E-state index is -0.741. The predicted molar refractivity (Wildman–Crippen MR) is 80.2 cm³/mol. The fraction of sp³-hybridized carbons (Fsp3) is 0.429. The molecular weight excluding hydrogens is 295 g/mol. The van der Waals surface area contributed by atoms with Crippen LogP contribution >= 0.6 is 11.8 Å². The maximum absolute atomic E-state index is 13.3. The van der Waals surface area contributed by atoms with E-state index in [2.05, 4.69) is 5.32 Å². The number of benzene rings is 1. The molecule has 1 amide bonds. The molecular formula is C14H19FN2O3S. The van der Waals surface area contributed by atoms with Crippen molar-refractivity contribution >= 4 is 23.6 Å². The van der Waals surface area contributed by atoms with Gasteiger partial charge in [-0.05, 0) is 13.0 Å². The molecule has 0 aromatic heterocycles. The van der Waals surface area contributed by atoms with Crippen molar-refractivity contribution in [2.45, 2.75) is 19.5 Å². The van der Waals surface area contributed by atoms with Crippen molar-refractivity contribution in [1.29, 1.82) is 0 Å². The van der Waals surface area contributed by atoms with Crippen molar-refractivity contribution in [1.82, 2.24) is 5.32 Å². The Morgan fingerprint density at radius 3 is 2.81 bits per heavy atom. The number of carbonyl (C=O) groups excluding carboxylic acids is 2. The molecule has 1 aromatic rings. The Labute approximate surface area is 127 Å². The van der Waals surface area contributed by atoms with Gasteiger partial charge in [-0.2, -0.15) is 0 Å². The number of hydrogen-bond donors (Lipinski definition) is 2. The third kappa shape index (κ3) is 6.59. The normalized spacial score (nSPS) is 11.8. The summed E-state index contributed by atoms with van der Waals surface area (Å²) < 4.78 is 18.1. The van der Waals surface area contributed by atoms with Gasteiger partial charge in [-0.25, -0.2) is 4.39 Å². The SMILES string of the molecule is CCOC(=O)C(N)CSCC(=O)NCc1ccccc1F. The zero-order valence-electron chi connectivity index (χ0n) is 11.8. The monoisotopic (exact) mass is 314 g/mol. The molecule has 0 heterocycles. The number of hydrogen-bond acceptors (Lipinski definition) is 5. The Kier molecular flexibility index (Phi) is 7.78. The quantitative estimate of drug-likeness (QED) is 0.701. The number of nitrogens with one attached hydrogen (secondary N) is 1. The molecule has 0 saturated heterocycles. The molecule has 0 aliphatic heterocycles. The molecule has 0 aliphatic rings. The van der Waals surface area contributed by atoms with Crippen LogP contribution in [0.5, 0.6) is 0 Å². The Balaban J connectivity index is 2.23. The summed E-state index contributed by atoms with van der Waals surface area (Å²) in [6.07, 6.45) is 0. The van der Waals surface area contributed by atoms with Crippen LogP contribution in [0.4, 0.5) is 4.39 Å². The van der Waals surface area contributed by atoms with Crippen LogP contribution in [0.2, 0.25) is 0 Å². The summed E-state index contributed by atoms with van der Waals surface area (Å²) in [4.78, 5) is 22.9. The summed E-state index contributed by atoms with van der Waals surface area (Å²) >= 11 is 1.23. The largest absolute Gasteiger partial charge is 0.465 e. The van der Waals surface area contributed by atoms with Crippen molar-refractivity contribution in [2.75, 3.05) is 18.1 Å². The van der Waals surface area contributed by atoms with Gasteiger partial charge in [0, 0.05) is 17.9 Å². The number of halogens is 1. The maximum Gasteiger partial charge on any atom is 0.323 e. The highest BCUT2D eigenvalue weighted by molar-refractivity contribution is 8.00. The molecule has 1 aromatic carbocycles. The first-order valence-electron chi connectivity index (χ1n) is 6.54. The van der Waals surface area contributed by atoms with E-state index in [-0.39, 0.29) is 30.6 Å². The molecule has 0 bridgehead atoms. The fourth-order valence-electron chi connectivity index (χ4n) is 1.48. The topological polar surface area (TPSA) is 81.4 Å². The number of rotatable bonds is 8. The number of nitrogens with two attached hydrogens (primary N) is 1. The average molecular weight is 314 g/mol. The summed E-state index contributed by atoms with van der Waals surface area (Å²) in [5.41, 5.74) is 6.03. The molecule has 0 spiro atoms. The van der Waals surface area contributed by atoms with Crippen LogP contribution in [-0.4, -0.2) is 36.0 Å². The van der Waals surface area contributed by atoms with E-state index < -0.39 is 12.0 Å². The van der Waals surface area contributed by atoms with Crippen LogP contribution in [0.3, 0.4) is 0 Å². The molecule has 1 rings (SSSR count). The second-order valence-electron chi connectivity index (χ2n) is 4.24.